The second-order valence-corrected chi connectivity index (χ2v) is 11.2. The zero-order valence-corrected chi connectivity index (χ0v) is 21.5. The van der Waals surface area contributed by atoms with Crippen LogP contribution in [0.4, 0.5) is 0 Å². The molecule has 0 amide bonds. The topological polar surface area (TPSA) is 77.4 Å². The average molecular weight is 518 g/mol. The monoisotopic (exact) mass is 517 g/mol. The van der Waals surface area contributed by atoms with Gasteiger partial charge in [0.2, 0.25) is 0 Å². The van der Waals surface area contributed by atoms with Crippen LogP contribution in [0.25, 0.3) is 32.7 Å². The van der Waals surface area contributed by atoms with E-state index in [1.807, 2.05) is 78.9 Å². The van der Waals surface area contributed by atoms with Crippen LogP contribution in [0.15, 0.2) is 110 Å². The third-order valence-corrected chi connectivity index (χ3v) is 7.85. The van der Waals surface area contributed by atoms with E-state index in [1.54, 1.807) is 30.7 Å². The molecule has 0 fully saturated rings. The fourth-order valence-corrected chi connectivity index (χ4v) is 6.21. The first kappa shape index (κ1) is 22.7. The van der Waals surface area contributed by atoms with Gasteiger partial charge in [0.25, 0.3) is 0 Å². The molecular weight excluding hydrogens is 496 g/mol. The van der Waals surface area contributed by atoms with Gasteiger partial charge in [0.15, 0.2) is 0 Å². The van der Waals surface area contributed by atoms with Gasteiger partial charge in [-0.2, -0.15) is 0 Å². The van der Waals surface area contributed by atoms with Gasteiger partial charge < -0.3 is 5.11 Å². The van der Waals surface area contributed by atoms with E-state index in [0.717, 1.165) is 38.7 Å². The van der Waals surface area contributed by atoms with Gasteiger partial charge in [0.1, 0.15) is 11.3 Å². The summed E-state index contributed by atoms with van der Waals surface area (Å²) in [6.07, 6.45) is 5.23. The summed E-state index contributed by atoms with van der Waals surface area (Å²) >= 11 is -2.47. The Morgan fingerprint density at radius 3 is 1.43 bits per heavy atom. The number of aromatic nitrogens is 3. The number of rotatable bonds is 4. The van der Waals surface area contributed by atoms with E-state index in [4.69, 9.17) is 7.06 Å². The zero-order valence-electron chi connectivity index (χ0n) is 19.1. The molecule has 3 aromatic carbocycles. The van der Waals surface area contributed by atoms with E-state index in [0.29, 0.717) is 5.52 Å². The van der Waals surface area contributed by atoms with Crippen LogP contribution in [0.2, 0.25) is 5.48 Å². The minimum atomic E-state index is -2.47. The second kappa shape index (κ2) is 10.5. The molecule has 3 heterocycles. The summed E-state index contributed by atoms with van der Waals surface area (Å²) in [6.45, 7) is 0. The normalized spacial score (nSPS) is 10.5. The summed E-state index contributed by atoms with van der Waals surface area (Å²) in [5, 5.41) is 12.4. The molecule has 0 bridgehead atoms. The van der Waals surface area contributed by atoms with E-state index >= 15 is 0 Å². The number of nitrogens with zero attached hydrogens (tertiary/aromatic N) is 3. The summed E-state index contributed by atoms with van der Waals surface area (Å²) in [7, 11) is 0. The van der Waals surface area contributed by atoms with Crippen molar-refractivity contribution >= 4 is 49.7 Å². The number of pyridine rings is 3. The Hall–Kier alpha value is -4.07. The molecule has 6 nitrogen and oxygen atoms in total. The maximum absolute atomic E-state index is 9.31. The molecule has 0 radical (unpaired) electrons. The van der Waals surface area contributed by atoms with Crippen LogP contribution < -0.4 is 7.06 Å². The summed E-state index contributed by atoms with van der Waals surface area (Å²) in [5.41, 5.74) is 4.46. The first-order valence-corrected chi connectivity index (χ1v) is 15.6. The minimum absolute atomic E-state index is 0.239. The van der Waals surface area contributed by atoms with Crippen LogP contribution in [-0.2, 0) is 0 Å². The average Bonchev–Trinajstić information content (AvgIpc) is 2.90. The van der Waals surface area contributed by atoms with Gasteiger partial charge in [0, 0.05) is 11.6 Å². The van der Waals surface area contributed by atoms with Crippen molar-refractivity contribution in [2.45, 2.75) is 5.48 Å². The molecule has 7 heteroatoms. The van der Waals surface area contributed by atoms with Crippen molar-refractivity contribution in [2.24, 2.45) is 0 Å². The van der Waals surface area contributed by atoms with Gasteiger partial charge in [-0.1, -0.05) is 18.2 Å². The number of hydrogen-bond donors (Lipinski definition) is 1. The van der Waals surface area contributed by atoms with Crippen LogP contribution in [0.5, 0.6) is 17.2 Å². The van der Waals surface area contributed by atoms with Crippen molar-refractivity contribution < 1.29 is 12.2 Å². The van der Waals surface area contributed by atoms with E-state index in [1.165, 1.54) is 0 Å². The molecule has 0 unspecified atom stereocenters. The molecular formula is C28H22GaN3O3. The molecule has 170 valence electrons. The molecule has 1 N–H and O–H groups in total. The predicted octanol–water partition coefficient (Wildman–Crippen LogP) is 6.30. The van der Waals surface area contributed by atoms with Crippen molar-refractivity contribution in [2.75, 3.05) is 0 Å². The third kappa shape index (κ3) is 5.21. The Balaban J connectivity index is 0.000000192. The van der Waals surface area contributed by atoms with E-state index in [2.05, 4.69) is 20.4 Å². The number of benzene rings is 3. The Labute approximate surface area is 208 Å². The summed E-state index contributed by atoms with van der Waals surface area (Å²) < 4.78 is 12.3. The molecule has 0 atom stereocenters. The first-order chi connectivity index (χ1) is 17.2. The quantitative estimate of drug-likeness (QED) is 0.276. The predicted molar refractivity (Wildman–Crippen MR) is 140 cm³/mol. The van der Waals surface area contributed by atoms with Crippen molar-refractivity contribution in [3.05, 3.63) is 110 Å². The first-order valence-electron chi connectivity index (χ1n) is 11.2. The molecule has 3 aromatic heterocycles. The Morgan fingerprint density at radius 2 is 0.943 bits per heavy atom. The van der Waals surface area contributed by atoms with Crippen molar-refractivity contribution in [3.63, 3.8) is 0 Å². The van der Waals surface area contributed by atoms with Gasteiger partial charge in [-0.3, -0.25) is 4.98 Å². The number of phenolic OH excluding ortho intramolecular Hbond substituents is 1. The van der Waals surface area contributed by atoms with Crippen molar-refractivity contribution in [3.8, 4) is 17.2 Å². The zero-order chi connectivity index (χ0) is 24.0. The standard InChI is InChI=1S/3C9H7NO.CH3.Ga/c3*11-8-5-1-3-7-4-2-6-10-9(7)8;;/h3*1-6,11H;1H3;/q;;;;+2/p-2. The molecule has 0 spiro atoms. The molecule has 6 aromatic rings. The summed E-state index contributed by atoms with van der Waals surface area (Å²) in [4.78, 5) is 12.9. The maximum atomic E-state index is 9.31. The van der Waals surface area contributed by atoms with Crippen LogP contribution in [0.3, 0.4) is 0 Å². The second-order valence-electron chi connectivity index (χ2n) is 7.82. The van der Waals surface area contributed by atoms with Gasteiger partial charge in [-0.15, -0.1) is 0 Å². The number of fused-ring (bicyclic) bond motifs is 3. The van der Waals surface area contributed by atoms with Gasteiger partial charge >= 0.3 is 146 Å². The number of para-hydroxylation sites is 3. The summed E-state index contributed by atoms with van der Waals surface area (Å²) in [5.74, 6) is 1.81. The van der Waals surface area contributed by atoms with Gasteiger partial charge in [-0.25, -0.2) is 0 Å². The van der Waals surface area contributed by atoms with Crippen molar-refractivity contribution in [1.29, 1.82) is 0 Å². The van der Waals surface area contributed by atoms with Crippen molar-refractivity contribution in [1.82, 2.24) is 15.0 Å². The van der Waals surface area contributed by atoms with Crippen LogP contribution in [0, 0.1) is 0 Å². The molecule has 0 saturated carbocycles. The van der Waals surface area contributed by atoms with Gasteiger partial charge in [0.05, 0.1) is 0 Å². The molecule has 6 rings (SSSR count). The number of phenols is 1. The molecule has 0 aliphatic heterocycles. The molecule has 0 aliphatic carbocycles. The number of hydrogen-bond acceptors (Lipinski definition) is 6. The third-order valence-electron chi connectivity index (χ3n) is 5.39. The SMILES string of the molecule is Oc1cccc2cccnc12.[CH3][Ga]([O]c1cccc2cccnc12)[O]c1cccc2cccnc12. The van der Waals surface area contributed by atoms with Gasteiger partial charge in [-0.05, 0) is 12.1 Å². The number of aromatic hydroxyl groups is 1. The molecule has 35 heavy (non-hydrogen) atoms. The Bertz CT molecular complexity index is 1510. The molecule has 0 saturated heterocycles. The van der Waals surface area contributed by atoms with Crippen LogP contribution in [-0.4, -0.2) is 37.0 Å². The van der Waals surface area contributed by atoms with Crippen LogP contribution >= 0.6 is 0 Å². The molecule has 0 aliphatic rings. The van der Waals surface area contributed by atoms with E-state index in [-0.39, 0.29) is 5.75 Å². The fourth-order valence-electron chi connectivity index (χ4n) is 3.81. The van der Waals surface area contributed by atoms with E-state index in [9.17, 15) is 5.11 Å². The fraction of sp³-hybridized carbons (Fsp3) is 0.0357. The summed E-state index contributed by atoms with van der Waals surface area (Å²) in [6, 6.07) is 28.9. The Morgan fingerprint density at radius 1 is 0.543 bits per heavy atom. The Kier molecular flexibility index (Phi) is 6.79. The van der Waals surface area contributed by atoms with Crippen LogP contribution in [0.1, 0.15) is 0 Å². The van der Waals surface area contributed by atoms with E-state index < -0.39 is 16.9 Å².